The van der Waals surface area contributed by atoms with Crippen LogP contribution < -0.4 is 0 Å². The first-order valence-electron chi connectivity index (χ1n) is 8.33. The van der Waals surface area contributed by atoms with E-state index in [2.05, 4.69) is 5.16 Å². The summed E-state index contributed by atoms with van der Waals surface area (Å²) in [6.45, 7) is 0.387. The van der Waals surface area contributed by atoms with E-state index < -0.39 is 16.0 Å². The van der Waals surface area contributed by atoms with Crippen LogP contribution >= 0.6 is 11.3 Å². The van der Waals surface area contributed by atoms with Crippen LogP contribution in [0, 0.1) is 0 Å². The molecule has 9 heteroatoms. The van der Waals surface area contributed by atoms with E-state index in [1.807, 2.05) is 0 Å². The minimum atomic E-state index is -3.80. The summed E-state index contributed by atoms with van der Waals surface area (Å²) in [4.78, 5) is 12.3. The van der Waals surface area contributed by atoms with Gasteiger partial charge in [0, 0.05) is 23.1 Å². The number of sulfonamides is 1. The van der Waals surface area contributed by atoms with Gasteiger partial charge in [0.15, 0.2) is 5.76 Å². The number of aromatic carboxylic acids is 1. The fraction of sp³-hybridized carbons (Fsp3) is 0.222. The number of carboxylic acids is 1. The Balaban J connectivity index is 1.74. The Hall–Kier alpha value is -2.49. The summed E-state index contributed by atoms with van der Waals surface area (Å²) >= 11 is 1.12. The van der Waals surface area contributed by atoms with Gasteiger partial charge in [-0.3, -0.25) is 0 Å². The molecule has 0 spiro atoms. The van der Waals surface area contributed by atoms with Gasteiger partial charge in [0.1, 0.15) is 4.88 Å². The molecule has 3 heterocycles. The largest absolute Gasteiger partial charge is 0.477 e. The van der Waals surface area contributed by atoms with Crippen molar-refractivity contribution >= 4 is 27.3 Å². The van der Waals surface area contributed by atoms with Crippen molar-refractivity contribution in [1.29, 1.82) is 0 Å². The minimum absolute atomic E-state index is 0.156. The third-order valence-electron chi connectivity index (χ3n) is 4.55. The summed E-state index contributed by atoms with van der Waals surface area (Å²) in [5.41, 5.74) is 0.457. The summed E-state index contributed by atoms with van der Waals surface area (Å²) in [5.74, 6) is -0.622. The van der Waals surface area contributed by atoms with Crippen molar-refractivity contribution in [2.24, 2.45) is 0 Å². The molecule has 1 saturated heterocycles. The molecule has 2 aromatic heterocycles. The summed E-state index contributed by atoms with van der Waals surface area (Å²) in [6, 6.07) is 11.1. The number of hydrogen-bond donors (Lipinski definition) is 1. The van der Waals surface area contributed by atoms with Gasteiger partial charge in [-0.2, -0.15) is 4.31 Å². The van der Waals surface area contributed by atoms with E-state index in [9.17, 15) is 13.2 Å². The zero-order valence-corrected chi connectivity index (χ0v) is 15.7. The highest BCUT2D eigenvalue weighted by atomic mass is 32.2. The van der Waals surface area contributed by atoms with E-state index >= 15 is 0 Å². The van der Waals surface area contributed by atoms with E-state index in [-0.39, 0.29) is 15.8 Å². The average Bonchev–Trinajstić information content (AvgIpc) is 3.42. The van der Waals surface area contributed by atoms with Crippen LogP contribution in [0.2, 0.25) is 0 Å². The fourth-order valence-electron chi connectivity index (χ4n) is 3.34. The average molecular weight is 404 g/mol. The molecular weight excluding hydrogens is 388 g/mol. The second-order valence-corrected chi connectivity index (χ2v) is 9.13. The van der Waals surface area contributed by atoms with Crippen molar-refractivity contribution in [3.05, 3.63) is 58.4 Å². The number of carboxylic acid groups (broad SMARTS) is 1. The van der Waals surface area contributed by atoms with Crippen molar-refractivity contribution in [2.45, 2.75) is 23.8 Å². The molecule has 0 aliphatic carbocycles. The van der Waals surface area contributed by atoms with Crippen LogP contribution in [0.1, 0.15) is 33.4 Å². The second-order valence-electron chi connectivity index (χ2n) is 6.15. The molecule has 1 atom stereocenters. The lowest BCUT2D eigenvalue weighted by molar-refractivity contribution is 0.0702. The summed E-state index contributed by atoms with van der Waals surface area (Å²) in [6.07, 6.45) is 2.84. The topological polar surface area (TPSA) is 101 Å². The quantitative estimate of drug-likeness (QED) is 0.697. The van der Waals surface area contributed by atoms with Crippen LogP contribution in [0.5, 0.6) is 0 Å². The Labute approximate surface area is 159 Å². The monoisotopic (exact) mass is 404 g/mol. The highest BCUT2D eigenvalue weighted by Gasteiger charge is 2.38. The molecule has 0 radical (unpaired) electrons. The number of thiophene rings is 1. The number of benzene rings is 1. The van der Waals surface area contributed by atoms with Crippen LogP contribution in [-0.2, 0) is 10.0 Å². The van der Waals surface area contributed by atoms with E-state index in [1.54, 1.807) is 36.4 Å². The lowest BCUT2D eigenvalue weighted by atomic mass is 10.2. The zero-order valence-electron chi connectivity index (χ0n) is 14.1. The lowest BCUT2D eigenvalue weighted by Crippen LogP contribution is -2.30. The van der Waals surface area contributed by atoms with Gasteiger partial charge < -0.3 is 9.63 Å². The molecular formula is C18H16N2O5S2. The van der Waals surface area contributed by atoms with Crippen molar-refractivity contribution in [1.82, 2.24) is 9.46 Å². The number of hydrogen-bond acceptors (Lipinski definition) is 6. The van der Waals surface area contributed by atoms with E-state index in [4.69, 9.17) is 9.63 Å². The van der Waals surface area contributed by atoms with Gasteiger partial charge in [0.25, 0.3) is 0 Å². The van der Waals surface area contributed by atoms with Crippen LogP contribution in [-0.4, -0.2) is 35.5 Å². The van der Waals surface area contributed by atoms with Gasteiger partial charge in [0.2, 0.25) is 10.0 Å². The van der Waals surface area contributed by atoms with Gasteiger partial charge in [-0.15, -0.1) is 11.3 Å². The lowest BCUT2D eigenvalue weighted by Gasteiger charge is -2.24. The van der Waals surface area contributed by atoms with Gasteiger partial charge in [0.05, 0.1) is 17.1 Å². The third-order valence-corrected chi connectivity index (χ3v) is 7.69. The van der Waals surface area contributed by atoms with Crippen LogP contribution in [0.15, 0.2) is 58.1 Å². The molecule has 0 saturated carbocycles. The maximum Gasteiger partial charge on any atom is 0.345 e. The van der Waals surface area contributed by atoms with Crippen molar-refractivity contribution in [2.75, 3.05) is 6.54 Å². The van der Waals surface area contributed by atoms with Gasteiger partial charge in [-0.05, 0) is 37.1 Å². The van der Waals surface area contributed by atoms with E-state index in [1.165, 1.54) is 16.6 Å². The van der Waals surface area contributed by atoms with E-state index in [0.717, 1.165) is 16.2 Å². The summed E-state index contributed by atoms with van der Waals surface area (Å²) in [5, 5.41) is 12.8. The minimum Gasteiger partial charge on any atom is -0.477 e. The smallest absolute Gasteiger partial charge is 0.345 e. The van der Waals surface area contributed by atoms with Crippen LogP contribution in [0.25, 0.3) is 11.3 Å². The predicted molar refractivity (Wildman–Crippen MR) is 99.1 cm³/mol. The SMILES string of the molecule is O=C(O)c1ccc(C2CCCN2S(=O)(=O)c2ccccc2-c2ccno2)s1. The molecule has 3 aromatic rings. The number of carbonyl (C=O) groups is 1. The van der Waals surface area contributed by atoms with Gasteiger partial charge >= 0.3 is 5.97 Å². The standard InChI is InChI=1S/C18H16N2O5S2/c21-18(22)16-8-7-15(26-16)13-5-3-11-20(13)27(23,24)17-6-2-1-4-12(17)14-9-10-19-25-14/h1-2,4,6-10,13H,3,5,11H2,(H,21,22). The van der Waals surface area contributed by atoms with Crippen LogP contribution in [0.3, 0.4) is 0 Å². The Bertz CT molecular complexity index is 1070. The first-order chi connectivity index (χ1) is 13.0. The van der Waals surface area contributed by atoms with Crippen molar-refractivity contribution in [3.8, 4) is 11.3 Å². The molecule has 27 heavy (non-hydrogen) atoms. The number of rotatable bonds is 5. The Morgan fingerprint density at radius 3 is 2.74 bits per heavy atom. The van der Waals surface area contributed by atoms with E-state index in [0.29, 0.717) is 30.7 Å². The van der Waals surface area contributed by atoms with Crippen LogP contribution in [0.4, 0.5) is 0 Å². The Morgan fingerprint density at radius 2 is 2.04 bits per heavy atom. The first-order valence-corrected chi connectivity index (χ1v) is 10.6. The maximum atomic E-state index is 13.4. The predicted octanol–water partition coefficient (Wildman–Crippen LogP) is 3.63. The molecule has 4 rings (SSSR count). The van der Waals surface area contributed by atoms with Gasteiger partial charge in [-0.25, -0.2) is 13.2 Å². The molecule has 140 valence electrons. The molecule has 0 bridgehead atoms. The molecule has 1 aliphatic rings. The Morgan fingerprint density at radius 1 is 1.22 bits per heavy atom. The molecule has 0 amide bonds. The maximum absolute atomic E-state index is 13.4. The third kappa shape index (κ3) is 3.18. The second kappa shape index (κ2) is 6.91. The normalized spacial score (nSPS) is 18.0. The molecule has 7 nitrogen and oxygen atoms in total. The molecule has 1 unspecified atom stereocenters. The molecule has 1 aliphatic heterocycles. The zero-order chi connectivity index (χ0) is 19.0. The molecule has 1 fully saturated rings. The highest BCUT2D eigenvalue weighted by Crippen LogP contribution is 2.41. The molecule has 1 N–H and O–H groups in total. The Kier molecular flexibility index (Phi) is 4.58. The highest BCUT2D eigenvalue weighted by molar-refractivity contribution is 7.89. The number of aromatic nitrogens is 1. The van der Waals surface area contributed by atoms with Gasteiger partial charge in [-0.1, -0.05) is 17.3 Å². The fourth-order valence-corrected chi connectivity index (χ4v) is 6.27. The van der Waals surface area contributed by atoms with Crippen molar-refractivity contribution < 1.29 is 22.8 Å². The molecule has 1 aromatic carbocycles. The summed E-state index contributed by atoms with van der Waals surface area (Å²) < 4.78 is 33.5. The van der Waals surface area contributed by atoms with Crippen molar-refractivity contribution in [3.63, 3.8) is 0 Å². The summed E-state index contributed by atoms with van der Waals surface area (Å²) in [7, 11) is -3.80. The first kappa shape index (κ1) is 17.9. The number of nitrogens with zero attached hydrogens (tertiary/aromatic N) is 2.